The Kier molecular flexibility index (Phi) is 5.25. The minimum absolute atomic E-state index is 0.0640. The van der Waals surface area contributed by atoms with Crippen molar-refractivity contribution < 1.29 is 9.90 Å². The van der Waals surface area contributed by atoms with Crippen molar-refractivity contribution in [2.75, 3.05) is 18.5 Å². The maximum absolute atomic E-state index is 12.4. The van der Waals surface area contributed by atoms with E-state index in [9.17, 15) is 9.90 Å². The summed E-state index contributed by atoms with van der Waals surface area (Å²) >= 11 is 1.47. The largest absolute Gasteiger partial charge is 0.395 e. The topological polar surface area (TPSA) is 65.5 Å². The van der Waals surface area contributed by atoms with Gasteiger partial charge in [-0.05, 0) is 18.4 Å². The number of aliphatic hydroxyl groups excluding tert-OH is 1. The van der Waals surface area contributed by atoms with Gasteiger partial charge < -0.3 is 10.0 Å². The third-order valence-corrected chi connectivity index (χ3v) is 4.91. The Morgan fingerprint density at radius 2 is 2.13 bits per heavy atom. The first-order chi connectivity index (χ1) is 11.3. The van der Waals surface area contributed by atoms with Gasteiger partial charge in [-0.15, -0.1) is 11.3 Å². The number of amides is 2. The Morgan fingerprint density at radius 3 is 2.78 bits per heavy atom. The Morgan fingerprint density at radius 1 is 1.35 bits per heavy atom. The van der Waals surface area contributed by atoms with Crippen LogP contribution >= 0.6 is 11.3 Å². The summed E-state index contributed by atoms with van der Waals surface area (Å²) in [4.78, 5) is 18.6. The van der Waals surface area contributed by atoms with Crippen molar-refractivity contribution in [2.24, 2.45) is 0 Å². The van der Waals surface area contributed by atoms with Crippen LogP contribution < -0.4 is 5.32 Å². The molecule has 1 aliphatic carbocycles. The van der Waals surface area contributed by atoms with Gasteiger partial charge in [0.2, 0.25) is 0 Å². The number of rotatable bonds is 6. The zero-order chi connectivity index (χ0) is 16.1. The van der Waals surface area contributed by atoms with Crippen LogP contribution in [0.5, 0.6) is 0 Å². The van der Waals surface area contributed by atoms with Crippen LogP contribution in [0, 0.1) is 0 Å². The number of carbonyl (C=O) groups is 1. The van der Waals surface area contributed by atoms with Gasteiger partial charge in [-0.2, -0.15) is 0 Å². The molecule has 0 bridgehead atoms. The quantitative estimate of drug-likeness (QED) is 0.852. The summed E-state index contributed by atoms with van der Waals surface area (Å²) < 4.78 is 0. The van der Waals surface area contributed by atoms with E-state index in [0.717, 1.165) is 11.3 Å². The minimum Gasteiger partial charge on any atom is -0.395 e. The summed E-state index contributed by atoms with van der Waals surface area (Å²) in [7, 11) is 0. The van der Waals surface area contributed by atoms with Crippen LogP contribution in [-0.2, 0) is 6.54 Å². The van der Waals surface area contributed by atoms with Gasteiger partial charge in [0, 0.05) is 24.4 Å². The number of urea groups is 1. The molecule has 1 aromatic heterocycles. The molecule has 2 amide bonds. The molecule has 2 N–H and O–H groups in total. The van der Waals surface area contributed by atoms with E-state index in [1.54, 1.807) is 4.90 Å². The second kappa shape index (κ2) is 7.57. The van der Waals surface area contributed by atoms with Crippen molar-refractivity contribution in [1.82, 2.24) is 9.88 Å². The highest BCUT2D eigenvalue weighted by Gasteiger charge is 2.23. The molecule has 1 aromatic carbocycles. The average Bonchev–Trinajstić information content (AvgIpc) is 2.94. The van der Waals surface area contributed by atoms with Crippen LogP contribution in [0.1, 0.15) is 36.4 Å². The van der Waals surface area contributed by atoms with Gasteiger partial charge in [0.1, 0.15) is 0 Å². The number of hydrogen-bond acceptors (Lipinski definition) is 4. The minimum atomic E-state index is -0.225. The number of benzene rings is 1. The molecule has 23 heavy (non-hydrogen) atoms. The summed E-state index contributed by atoms with van der Waals surface area (Å²) in [5.74, 6) is 0.565. The summed E-state index contributed by atoms with van der Waals surface area (Å²) in [5.41, 5.74) is 2.12. The predicted octanol–water partition coefficient (Wildman–Crippen LogP) is 3.44. The van der Waals surface area contributed by atoms with Crippen molar-refractivity contribution in [3.63, 3.8) is 0 Å². The van der Waals surface area contributed by atoms with E-state index in [1.165, 1.54) is 30.6 Å². The number of aromatic nitrogens is 1. The van der Waals surface area contributed by atoms with Gasteiger partial charge in [0.15, 0.2) is 5.13 Å². The normalized spacial score (nSPS) is 14.3. The first-order valence-corrected chi connectivity index (χ1v) is 8.80. The third-order valence-electron chi connectivity index (χ3n) is 4.13. The summed E-state index contributed by atoms with van der Waals surface area (Å²) in [6.07, 6.45) is 3.66. The number of nitrogens with zero attached hydrogens (tertiary/aromatic N) is 2. The first kappa shape index (κ1) is 16.0. The van der Waals surface area contributed by atoms with Crippen LogP contribution in [0.3, 0.4) is 0 Å². The van der Waals surface area contributed by atoms with Gasteiger partial charge >= 0.3 is 6.03 Å². The molecule has 122 valence electrons. The fourth-order valence-corrected chi connectivity index (χ4v) is 3.36. The highest BCUT2D eigenvalue weighted by atomic mass is 32.1. The number of hydrogen-bond donors (Lipinski definition) is 2. The molecule has 1 aliphatic rings. The standard InChI is InChI=1S/C17H21N3O2S/c21-10-9-20(11-13-5-2-1-3-6-13)17(22)19-16-18-15(12-23-16)14-7-4-8-14/h1-3,5-6,12,14,21H,4,7-11H2,(H,18,19,22). The second-order valence-electron chi connectivity index (χ2n) is 5.77. The van der Waals surface area contributed by atoms with Gasteiger partial charge in [-0.1, -0.05) is 36.8 Å². The molecule has 3 rings (SSSR count). The van der Waals surface area contributed by atoms with Crippen LogP contribution in [0.15, 0.2) is 35.7 Å². The van der Waals surface area contributed by atoms with Gasteiger partial charge in [0.25, 0.3) is 0 Å². The molecule has 0 unspecified atom stereocenters. The number of aliphatic hydroxyl groups is 1. The molecular formula is C17H21N3O2S. The second-order valence-corrected chi connectivity index (χ2v) is 6.62. The van der Waals surface area contributed by atoms with Crippen molar-refractivity contribution in [2.45, 2.75) is 31.7 Å². The van der Waals surface area contributed by atoms with E-state index in [1.807, 2.05) is 35.7 Å². The first-order valence-electron chi connectivity index (χ1n) is 7.92. The summed E-state index contributed by atoms with van der Waals surface area (Å²) in [5, 5.41) is 14.7. The van der Waals surface area contributed by atoms with Crippen LogP contribution in [-0.4, -0.2) is 34.2 Å². The molecule has 0 atom stereocenters. The summed E-state index contributed by atoms with van der Waals surface area (Å²) in [6.45, 7) is 0.696. The molecule has 0 aliphatic heterocycles. The van der Waals surface area contributed by atoms with Crippen LogP contribution in [0.2, 0.25) is 0 Å². The number of carbonyl (C=O) groups excluding carboxylic acids is 1. The molecule has 2 aromatic rings. The lowest BCUT2D eigenvalue weighted by molar-refractivity contribution is 0.185. The molecule has 1 saturated carbocycles. The number of anilines is 1. The van der Waals surface area contributed by atoms with E-state index in [0.29, 0.717) is 24.1 Å². The number of nitrogens with one attached hydrogen (secondary N) is 1. The van der Waals surface area contributed by atoms with Crippen molar-refractivity contribution in [3.8, 4) is 0 Å². The molecule has 1 fully saturated rings. The number of thiazole rings is 1. The third kappa shape index (κ3) is 4.09. The average molecular weight is 331 g/mol. The van der Waals surface area contributed by atoms with E-state index < -0.39 is 0 Å². The smallest absolute Gasteiger partial charge is 0.324 e. The Bertz CT molecular complexity index is 640. The maximum atomic E-state index is 12.4. The lowest BCUT2D eigenvalue weighted by Gasteiger charge is -2.23. The zero-order valence-corrected chi connectivity index (χ0v) is 13.8. The lowest BCUT2D eigenvalue weighted by atomic mass is 9.83. The Hall–Kier alpha value is -1.92. The van der Waals surface area contributed by atoms with Crippen LogP contribution in [0.4, 0.5) is 9.93 Å². The molecular weight excluding hydrogens is 310 g/mol. The zero-order valence-electron chi connectivity index (χ0n) is 12.9. The van der Waals surface area contributed by atoms with E-state index >= 15 is 0 Å². The molecule has 0 radical (unpaired) electrons. The van der Waals surface area contributed by atoms with Crippen molar-refractivity contribution >= 4 is 22.5 Å². The molecule has 5 nitrogen and oxygen atoms in total. The van der Waals surface area contributed by atoms with E-state index in [4.69, 9.17) is 0 Å². The Labute approximate surface area is 140 Å². The van der Waals surface area contributed by atoms with Crippen molar-refractivity contribution in [1.29, 1.82) is 0 Å². The lowest BCUT2D eigenvalue weighted by Crippen LogP contribution is -2.36. The molecule has 0 saturated heterocycles. The fourth-order valence-electron chi connectivity index (χ4n) is 2.58. The van der Waals surface area contributed by atoms with Crippen molar-refractivity contribution in [3.05, 3.63) is 47.0 Å². The highest BCUT2D eigenvalue weighted by Crippen LogP contribution is 2.37. The molecule has 1 heterocycles. The van der Waals surface area contributed by atoms with E-state index in [2.05, 4.69) is 10.3 Å². The monoisotopic (exact) mass is 331 g/mol. The van der Waals surface area contributed by atoms with E-state index in [-0.39, 0.29) is 12.6 Å². The summed E-state index contributed by atoms with van der Waals surface area (Å²) in [6, 6.07) is 9.53. The Balaban J connectivity index is 1.62. The maximum Gasteiger partial charge on any atom is 0.324 e. The predicted molar refractivity (Wildman–Crippen MR) is 91.7 cm³/mol. The van der Waals surface area contributed by atoms with Gasteiger partial charge in [-0.3, -0.25) is 5.32 Å². The van der Waals surface area contributed by atoms with Gasteiger partial charge in [0.05, 0.1) is 12.3 Å². The molecule has 6 heteroatoms. The molecule has 0 spiro atoms. The van der Waals surface area contributed by atoms with Crippen LogP contribution in [0.25, 0.3) is 0 Å². The fraction of sp³-hybridized carbons (Fsp3) is 0.412. The SMILES string of the molecule is O=C(Nc1nc(C2CCC2)cs1)N(CCO)Cc1ccccc1. The van der Waals surface area contributed by atoms with Gasteiger partial charge in [-0.25, -0.2) is 9.78 Å². The highest BCUT2D eigenvalue weighted by molar-refractivity contribution is 7.13.